The summed E-state index contributed by atoms with van der Waals surface area (Å²) in [4.78, 5) is 22.2. The first-order valence-electron chi connectivity index (χ1n) is 5.64. The molecule has 0 aliphatic heterocycles. The van der Waals surface area contributed by atoms with Crippen LogP contribution in [-0.4, -0.2) is 29.4 Å². The summed E-state index contributed by atoms with van der Waals surface area (Å²) in [5.41, 5.74) is -0.907. The van der Waals surface area contributed by atoms with Gasteiger partial charge in [-0.05, 0) is 26.2 Å². The third kappa shape index (κ3) is 3.35. The maximum atomic E-state index is 11.3. The summed E-state index contributed by atoms with van der Waals surface area (Å²) in [5, 5.41) is 8.94. The standard InChI is InChI=1S/C12H20O5/c1-11(2,3)17-10(15)16-6-7-8(9(13)14)12(7,4)5/h7-8H,6H2,1-5H3,(H,13,14). The van der Waals surface area contributed by atoms with Gasteiger partial charge in [-0.1, -0.05) is 13.8 Å². The van der Waals surface area contributed by atoms with Crippen molar-refractivity contribution in [2.75, 3.05) is 6.61 Å². The molecule has 1 aliphatic carbocycles. The SMILES string of the molecule is CC(C)(C)OC(=O)OCC1C(C(=O)O)C1(C)C. The Labute approximate surface area is 101 Å². The molecular formula is C12H20O5. The number of hydrogen-bond acceptors (Lipinski definition) is 4. The molecule has 0 spiro atoms. The van der Waals surface area contributed by atoms with E-state index < -0.39 is 23.6 Å². The summed E-state index contributed by atoms with van der Waals surface area (Å²) in [5.74, 6) is -1.41. The molecule has 0 bridgehead atoms. The molecular weight excluding hydrogens is 224 g/mol. The minimum atomic E-state index is -0.840. The maximum absolute atomic E-state index is 11.3. The van der Waals surface area contributed by atoms with E-state index in [1.165, 1.54) is 0 Å². The van der Waals surface area contributed by atoms with Gasteiger partial charge >= 0.3 is 12.1 Å². The van der Waals surface area contributed by atoms with Crippen molar-refractivity contribution in [2.24, 2.45) is 17.3 Å². The van der Waals surface area contributed by atoms with Gasteiger partial charge < -0.3 is 14.6 Å². The Hall–Kier alpha value is -1.26. The Morgan fingerprint density at radius 1 is 1.29 bits per heavy atom. The molecule has 0 radical (unpaired) electrons. The lowest BCUT2D eigenvalue weighted by atomic mass is 10.1. The van der Waals surface area contributed by atoms with E-state index in [0.29, 0.717) is 0 Å². The predicted octanol–water partition coefficient (Wildman–Crippen LogP) is 2.29. The molecule has 98 valence electrons. The molecule has 0 aromatic carbocycles. The molecule has 5 nitrogen and oxygen atoms in total. The second-order valence-electron chi connectivity index (χ2n) is 6.02. The molecule has 1 rings (SSSR count). The van der Waals surface area contributed by atoms with Crippen LogP contribution in [0.25, 0.3) is 0 Å². The highest BCUT2D eigenvalue weighted by Crippen LogP contribution is 2.58. The molecule has 17 heavy (non-hydrogen) atoms. The van der Waals surface area contributed by atoms with Crippen molar-refractivity contribution < 1.29 is 24.2 Å². The van der Waals surface area contributed by atoms with Crippen molar-refractivity contribution in [3.63, 3.8) is 0 Å². The zero-order valence-corrected chi connectivity index (χ0v) is 10.9. The number of ether oxygens (including phenoxy) is 2. The van der Waals surface area contributed by atoms with Crippen molar-refractivity contribution in [1.29, 1.82) is 0 Å². The van der Waals surface area contributed by atoms with Gasteiger partial charge in [-0.3, -0.25) is 4.79 Å². The van der Waals surface area contributed by atoms with Crippen molar-refractivity contribution in [3.05, 3.63) is 0 Å². The summed E-state index contributed by atoms with van der Waals surface area (Å²) in [6, 6.07) is 0. The molecule has 1 N–H and O–H groups in total. The largest absolute Gasteiger partial charge is 0.508 e. The quantitative estimate of drug-likeness (QED) is 0.771. The highest BCUT2D eigenvalue weighted by atomic mass is 16.7. The normalized spacial score (nSPS) is 26.2. The van der Waals surface area contributed by atoms with Crippen LogP contribution in [0, 0.1) is 17.3 Å². The highest BCUT2D eigenvalue weighted by molar-refractivity contribution is 5.75. The topological polar surface area (TPSA) is 72.8 Å². The van der Waals surface area contributed by atoms with Crippen LogP contribution in [0.5, 0.6) is 0 Å². The molecule has 1 saturated carbocycles. The van der Waals surface area contributed by atoms with E-state index in [4.69, 9.17) is 14.6 Å². The van der Waals surface area contributed by atoms with Crippen LogP contribution in [0.15, 0.2) is 0 Å². The first-order chi connectivity index (χ1) is 7.55. The van der Waals surface area contributed by atoms with Gasteiger partial charge in [0.15, 0.2) is 0 Å². The number of hydrogen-bond donors (Lipinski definition) is 1. The zero-order valence-electron chi connectivity index (χ0n) is 10.9. The molecule has 2 atom stereocenters. The lowest BCUT2D eigenvalue weighted by Gasteiger charge is -2.18. The molecule has 1 aliphatic rings. The van der Waals surface area contributed by atoms with Crippen molar-refractivity contribution in [3.8, 4) is 0 Å². The third-order valence-electron chi connectivity index (χ3n) is 3.09. The van der Waals surface area contributed by atoms with Crippen LogP contribution in [0.1, 0.15) is 34.6 Å². The molecule has 0 amide bonds. The van der Waals surface area contributed by atoms with Crippen molar-refractivity contribution >= 4 is 12.1 Å². The Balaban J connectivity index is 2.39. The molecule has 1 fully saturated rings. The summed E-state index contributed by atoms with van der Waals surface area (Å²) in [6.07, 6.45) is -0.746. The predicted molar refractivity (Wildman–Crippen MR) is 60.6 cm³/mol. The molecule has 0 heterocycles. The van der Waals surface area contributed by atoms with Crippen LogP contribution in [0.4, 0.5) is 4.79 Å². The van der Waals surface area contributed by atoms with E-state index in [2.05, 4.69) is 0 Å². The number of rotatable bonds is 3. The number of carbonyl (C=O) groups is 2. The van der Waals surface area contributed by atoms with Crippen LogP contribution in [-0.2, 0) is 14.3 Å². The lowest BCUT2D eigenvalue weighted by Crippen LogP contribution is -2.25. The molecule has 2 unspecified atom stereocenters. The zero-order chi connectivity index (χ0) is 13.4. The smallest absolute Gasteiger partial charge is 0.481 e. The number of carboxylic acid groups (broad SMARTS) is 1. The number of carboxylic acids is 1. The van der Waals surface area contributed by atoms with Gasteiger partial charge in [0.25, 0.3) is 0 Å². The van der Waals surface area contributed by atoms with Crippen LogP contribution in [0.2, 0.25) is 0 Å². The Bertz CT molecular complexity index is 326. The van der Waals surface area contributed by atoms with Gasteiger partial charge in [0.05, 0.1) is 12.5 Å². The monoisotopic (exact) mass is 244 g/mol. The third-order valence-corrected chi connectivity index (χ3v) is 3.09. The molecule has 0 aromatic rings. The van der Waals surface area contributed by atoms with E-state index in [9.17, 15) is 9.59 Å². The van der Waals surface area contributed by atoms with Crippen LogP contribution >= 0.6 is 0 Å². The Morgan fingerprint density at radius 2 is 1.82 bits per heavy atom. The van der Waals surface area contributed by atoms with Crippen molar-refractivity contribution in [2.45, 2.75) is 40.2 Å². The first-order valence-corrected chi connectivity index (χ1v) is 5.64. The Kier molecular flexibility index (Phi) is 3.41. The van der Waals surface area contributed by atoms with Gasteiger partial charge in [-0.2, -0.15) is 0 Å². The van der Waals surface area contributed by atoms with Crippen molar-refractivity contribution in [1.82, 2.24) is 0 Å². The highest BCUT2D eigenvalue weighted by Gasteiger charge is 2.62. The fourth-order valence-electron chi connectivity index (χ4n) is 1.98. The van der Waals surface area contributed by atoms with E-state index in [0.717, 1.165) is 0 Å². The summed E-state index contributed by atoms with van der Waals surface area (Å²) >= 11 is 0. The van der Waals surface area contributed by atoms with Crippen LogP contribution < -0.4 is 0 Å². The van der Waals surface area contributed by atoms with Gasteiger partial charge in [-0.15, -0.1) is 0 Å². The maximum Gasteiger partial charge on any atom is 0.508 e. The molecule has 5 heteroatoms. The van der Waals surface area contributed by atoms with Gasteiger partial charge in [0.1, 0.15) is 5.60 Å². The van der Waals surface area contributed by atoms with E-state index in [1.54, 1.807) is 20.8 Å². The fraction of sp³-hybridized carbons (Fsp3) is 0.833. The number of aliphatic carboxylic acids is 1. The first kappa shape index (κ1) is 13.8. The summed E-state index contributed by atoms with van der Waals surface area (Å²) in [7, 11) is 0. The van der Waals surface area contributed by atoms with Gasteiger partial charge in [0.2, 0.25) is 0 Å². The lowest BCUT2D eigenvalue weighted by molar-refractivity contribution is -0.139. The van der Waals surface area contributed by atoms with Gasteiger partial charge in [-0.25, -0.2) is 4.79 Å². The van der Waals surface area contributed by atoms with Gasteiger partial charge in [0, 0.05) is 5.92 Å². The van der Waals surface area contributed by atoms with E-state index in [-0.39, 0.29) is 17.9 Å². The van der Waals surface area contributed by atoms with Crippen LogP contribution in [0.3, 0.4) is 0 Å². The average Bonchev–Trinajstić information content (AvgIpc) is 2.61. The summed E-state index contributed by atoms with van der Waals surface area (Å²) < 4.78 is 9.90. The second kappa shape index (κ2) is 4.20. The minimum absolute atomic E-state index is 0.0961. The fourth-order valence-corrected chi connectivity index (χ4v) is 1.98. The second-order valence-corrected chi connectivity index (χ2v) is 6.02. The van der Waals surface area contributed by atoms with E-state index in [1.807, 2.05) is 13.8 Å². The number of carbonyl (C=O) groups excluding carboxylic acids is 1. The Morgan fingerprint density at radius 3 is 2.18 bits per heavy atom. The average molecular weight is 244 g/mol. The summed E-state index contributed by atoms with van der Waals surface area (Å²) in [6.45, 7) is 9.04. The molecule has 0 saturated heterocycles. The molecule has 0 aromatic heterocycles. The minimum Gasteiger partial charge on any atom is -0.481 e. The van der Waals surface area contributed by atoms with E-state index >= 15 is 0 Å².